The third-order valence-corrected chi connectivity index (χ3v) is 8.73. The zero-order valence-electron chi connectivity index (χ0n) is 20.5. The molecule has 0 bridgehead atoms. The molecule has 0 aromatic heterocycles. The SMILES string of the molecule is Cc1ccc(C2=NN(S(=O)(=O)c3ccc(C)cc3)N(C3CCCCC3)C(c3ccccc3)C2)cc1. The maximum Gasteiger partial charge on any atom is 0.293 e. The zero-order chi connectivity index (χ0) is 24.4. The summed E-state index contributed by atoms with van der Waals surface area (Å²) in [5.74, 6) is 0. The Labute approximate surface area is 209 Å². The molecule has 5 nitrogen and oxygen atoms in total. The molecule has 3 aromatic rings. The molecule has 1 aliphatic heterocycles. The van der Waals surface area contributed by atoms with Crippen LogP contribution in [-0.2, 0) is 10.0 Å². The van der Waals surface area contributed by atoms with Crippen molar-refractivity contribution in [2.75, 3.05) is 0 Å². The van der Waals surface area contributed by atoms with Crippen molar-refractivity contribution >= 4 is 15.7 Å². The number of sulfonamides is 1. The van der Waals surface area contributed by atoms with E-state index in [0.717, 1.165) is 53.6 Å². The predicted molar refractivity (Wildman–Crippen MR) is 140 cm³/mol. The second kappa shape index (κ2) is 9.96. The fourth-order valence-electron chi connectivity index (χ4n) is 5.18. The van der Waals surface area contributed by atoms with Gasteiger partial charge >= 0.3 is 0 Å². The number of rotatable bonds is 5. The Morgan fingerprint density at radius 3 is 2.00 bits per heavy atom. The maximum absolute atomic E-state index is 14.1. The molecule has 0 amide bonds. The maximum atomic E-state index is 14.1. The summed E-state index contributed by atoms with van der Waals surface area (Å²) in [5.41, 5.74) is 5.06. The Balaban J connectivity index is 1.68. The molecule has 1 fully saturated rings. The molecule has 6 heteroatoms. The second-order valence-corrected chi connectivity index (χ2v) is 11.5. The quantitative estimate of drug-likeness (QED) is 0.419. The van der Waals surface area contributed by atoms with E-state index in [0.29, 0.717) is 6.42 Å². The van der Waals surface area contributed by atoms with Crippen LogP contribution in [0.2, 0.25) is 0 Å². The molecule has 0 saturated heterocycles. The van der Waals surface area contributed by atoms with E-state index < -0.39 is 10.0 Å². The number of hydrogen-bond donors (Lipinski definition) is 0. The van der Waals surface area contributed by atoms with Gasteiger partial charge in [-0.25, -0.2) is 0 Å². The van der Waals surface area contributed by atoms with Crippen LogP contribution in [0.3, 0.4) is 0 Å². The third kappa shape index (κ3) is 4.91. The lowest BCUT2D eigenvalue weighted by molar-refractivity contribution is -0.0492. The van der Waals surface area contributed by atoms with Crippen molar-refractivity contribution in [3.63, 3.8) is 0 Å². The summed E-state index contributed by atoms with van der Waals surface area (Å²) in [7, 11) is -3.90. The van der Waals surface area contributed by atoms with Gasteiger partial charge in [-0.2, -0.15) is 13.4 Å². The van der Waals surface area contributed by atoms with Gasteiger partial charge in [0.05, 0.1) is 16.6 Å². The van der Waals surface area contributed by atoms with Crippen LogP contribution >= 0.6 is 0 Å². The van der Waals surface area contributed by atoms with Gasteiger partial charge in [-0.05, 0) is 49.9 Å². The van der Waals surface area contributed by atoms with E-state index in [9.17, 15) is 8.42 Å². The summed E-state index contributed by atoms with van der Waals surface area (Å²) < 4.78 is 29.6. The largest absolute Gasteiger partial charge is 0.293 e. The Bertz CT molecular complexity index is 1280. The molecule has 1 unspecified atom stereocenters. The minimum absolute atomic E-state index is 0.117. The van der Waals surface area contributed by atoms with Crippen molar-refractivity contribution in [2.45, 2.75) is 69.4 Å². The lowest BCUT2D eigenvalue weighted by Crippen LogP contribution is -2.54. The average molecular weight is 488 g/mol. The molecule has 1 heterocycles. The van der Waals surface area contributed by atoms with Crippen molar-refractivity contribution in [3.05, 3.63) is 101 Å². The molecule has 3 aromatic carbocycles. The van der Waals surface area contributed by atoms with Gasteiger partial charge in [0, 0.05) is 12.5 Å². The molecular formula is C29H33N3O2S. The lowest BCUT2D eigenvalue weighted by atomic mass is 9.90. The fourth-order valence-corrected chi connectivity index (χ4v) is 6.55. The number of hydrogen-bond acceptors (Lipinski definition) is 4. The lowest BCUT2D eigenvalue weighted by Gasteiger charge is -2.46. The summed E-state index contributed by atoms with van der Waals surface area (Å²) in [6.07, 6.45) is 6.01. The molecule has 2 aliphatic rings. The van der Waals surface area contributed by atoms with Crippen molar-refractivity contribution < 1.29 is 8.42 Å². The smallest absolute Gasteiger partial charge is 0.198 e. The van der Waals surface area contributed by atoms with Gasteiger partial charge in [-0.1, -0.05) is 97.1 Å². The molecule has 0 N–H and O–H groups in total. The minimum atomic E-state index is -3.90. The fraction of sp³-hybridized carbons (Fsp3) is 0.345. The topological polar surface area (TPSA) is 53.0 Å². The molecule has 1 atom stereocenters. The van der Waals surface area contributed by atoms with E-state index in [1.807, 2.05) is 49.4 Å². The molecule has 1 aliphatic carbocycles. The highest BCUT2D eigenvalue weighted by atomic mass is 32.2. The standard InChI is InChI=1S/C29H33N3O2S/c1-22-13-17-24(18-14-22)28-21-29(25-9-5-3-6-10-25)31(26-11-7-4-8-12-26)32(30-28)35(33,34)27-19-15-23(2)16-20-27/h3,5-6,9-10,13-20,26,29H,4,7-8,11-12,21H2,1-2H3. The molecule has 5 rings (SSSR count). The monoisotopic (exact) mass is 487 g/mol. The molecule has 0 spiro atoms. The van der Waals surface area contributed by atoms with Gasteiger partial charge in [-0.15, -0.1) is 9.62 Å². The predicted octanol–water partition coefficient (Wildman–Crippen LogP) is 6.39. The molecular weight excluding hydrogens is 454 g/mol. The van der Waals surface area contributed by atoms with Gasteiger partial charge < -0.3 is 0 Å². The van der Waals surface area contributed by atoms with Gasteiger partial charge in [0.2, 0.25) is 0 Å². The number of nitrogens with zero attached hydrogens (tertiary/aromatic N) is 3. The first kappa shape index (κ1) is 23.8. The highest BCUT2D eigenvalue weighted by Crippen LogP contribution is 2.40. The van der Waals surface area contributed by atoms with Crippen molar-refractivity contribution in [1.82, 2.24) is 9.53 Å². The van der Waals surface area contributed by atoms with E-state index in [1.54, 1.807) is 12.1 Å². The summed E-state index contributed by atoms with van der Waals surface area (Å²) >= 11 is 0. The van der Waals surface area contributed by atoms with Gasteiger partial charge in [0.1, 0.15) is 0 Å². The van der Waals surface area contributed by atoms with Gasteiger partial charge in [0.25, 0.3) is 10.0 Å². The molecule has 1 saturated carbocycles. The van der Waals surface area contributed by atoms with Crippen molar-refractivity contribution in [1.29, 1.82) is 0 Å². The third-order valence-electron chi connectivity index (χ3n) is 7.16. The summed E-state index contributed by atoms with van der Waals surface area (Å²) in [4.78, 5) is 0.268. The highest BCUT2D eigenvalue weighted by Gasteiger charge is 2.43. The molecule has 182 valence electrons. The van der Waals surface area contributed by atoms with Crippen LogP contribution < -0.4 is 0 Å². The van der Waals surface area contributed by atoms with Gasteiger partial charge in [0.15, 0.2) is 0 Å². The number of hydrazone groups is 1. The van der Waals surface area contributed by atoms with E-state index in [1.165, 1.54) is 10.9 Å². The van der Waals surface area contributed by atoms with E-state index in [-0.39, 0.29) is 17.0 Å². The van der Waals surface area contributed by atoms with Gasteiger partial charge in [-0.3, -0.25) is 0 Å². The Kier molecular flexibility index (Phi) is 6.76. The Morgan fingerprint density at radius 1 is 0.771 bits per heavy atom. The summed E-state index contributed by atoms with van der Waals surface area (Å²) in [5, 5.41) is 6.94. The van der Waals surface area contributed by atoms with Crippen LogP contribution in [0.4, 0.5) is 0 Å². The second-order valence-electron chi connectivity index (χ2n) is 9.76. The van der Waals surface area contributed by atoms with E-state index in [2.05, 4.69) is 36.2 Å². The van der Waals surface area contributed by atoms with Crippen LogP contribution in [0, 0.1) is 13.8 Å². The first-order valence-corrected chi connectivity index (χ1v) is 14.0. The van der Waals surface area contributed by atoms with Crippen LogP contribution in [-0.4, -0.2) is 29.7 Å². The van der Waals surface area contributed by atoms with Crippen LogP contribution in [0.5, 0.6) is 0 Å². The first-order valence-electron chi connectivity index (χ1n) is 12.5. The normalized spacial score (nSPS) is 20.0. The average Bonchev–Trinajstić information content (AvgIpc) is 2.89. The van der Waals surface area contributed by atoms with Crippen molar-refractivity contribution in [2.24, 2.45) is 5.10 Å². The Hall–Kier alpha value is -2.96. The Morgan fingerprint density at radius 2 is 1.37 bits per heavy atom. The summed E-state index contributed by atoms with van der Waals surface area (Å²) in [6, 6.07) is 25.6. The van der Waals surface area contributed by atoms with E-state index in [4.69, 9.17) is 5.10 Å². The van der Waals surface area contributed by atoms with E-state index >= 15 is 0 Å². The number of benzene rings is 3. The van der Waals surface area contributed by atoms with Crippen molar-refractivity contribution in [3.8, 4) is 0 Å². The minimum Gasteiger partial charge on any atom is -0.198 e. The van der Waals surface area contributed by atoms with Crippen LogP contribution in [0.15, 0.2) is 88.9 Å². The van der Waals surface area contributed by atoms with Crippen LogP contribution in [0.25, 0.3) is 0 Å². The first-order chi connectivity index (χ1) is 16.9. The molecule has 35 heavy (non-hydrogen) atoms. The van der Waals surface area contributed by atoms with Crippen LogP contribution in [0.1, 0.15) is 66.8 Å². The molecule has 0 radical (unpaired) electrons. The zero-order valence-corrected chi connectivity index (χ0v) is 21.3. The summed E-state index contributed by atoms with van der Waals surface area (Å²) in [6.45, 7) is 4.02. The number of aryl methyl sites for hydroxylation is 2. The highest BCUT2D eigenvalue weighted by molar-refractivity contribution is 7.89. The number of hydrazine groups is 1.